The Kier molecular flexibility index (Phi) is 4.32. The predicted molar refractivity (Wildman–Crippen MR) is 107 cm³/mol. The SMILES string of the molecule is Cc1ccc(-c2cc(-c3ccccn3)cc(-c3ccc(C)cc3)[o+]2)cc1. The molecule has 2 heterocycles. The average molecular weight is 338 g/mol. The van der Waals surface area contributed by atoms with E-state index in [1.54, 1.807) is 0 Å². The van der Waals surface area contributed by atoms with E-state index in [0.29, 0.717) is 0 Å². The van der Waals surface area contributed by atoms with Gasteiger partial charge in [0.15, 0.2) is 0 Å². The van der Waals surface area contributed by atoms with Crippen molar-refractivity contribution in [3.05, 3.63) is 96.2 Å². The normalized spacial score (nSPS) is 10.7. The summed E-state index contributed by atoms with van der Waals surface area (Å²) < 4.78 is 6.26. The monoisotopic (exact) mass is 338 g/mol. The van der Waals surface area contributed by atoms with E-state index in [1.807, 2.05) is 24.4 Å². The number of rotatable bonds is 3. The van der Waals surface area contributed by atoms with Crippen molar-refractivity contribution in [3.8, 4) is 33.9 Å². The zero-order valence-electron chi connectivity index (χ0n) is 14.9. The molecule has 2 nitrogen and oxygen atoms in total. The molecule has 0 spiro atoms. The fraction of sp³-hybridized carbons (Fsp3) is 0.0833. The van der Waals surface area contributed by atoms with Crippen molar-refractivity contribution in [1.29, 1.82) is 0 Å². The summed E-state index contributed by atoms with van der Waals surface area (Å²) in [4.78, 5) is 4.51. The van der Waals surface area contributed by atoms with Crippen LogP contribution in [0.2, 0.25) is 0 Å². The summed E-state index contributed by atoms with van der Waals surface area (Å²) in [6.45, 7) is 4.17. The van der Waals surface area contributed by atoms with Gasteiger partial charge in [-0.15, -0.1) is 0 Å². The molecule has 0 radical (unpaired) electrons. The van der Waals surface area contributed by atoms with Crippen LogP contribution in [0.3, 0.4) is 0 Å². The lowest BCUT2D eigenvalue weighted by molar-refractivity contribution is 0.582. The number of nitrogens with zero attached hydrogens (tertiary/aromatic N) is 1. The first kappa shape index (κ1) is 16.2. The van der Waals surface area contributed by atoms with Crippen LogP contribution in [0.4, 0.5) is 0 Å². The fourth-order valence-corrected chi connectivity index (χ4v) is 2.90. The first-order valence-corrected chi connectivity index (χ1v) is 8.73. The highest BCUT2D eigenvalue weighted by molar-refractivity contribution is 5.73. The van der Waals surface area contributed by atoms with E-state index < -0.39 is 0 Å². The molecule has 2 aromatic heterocycles. The number of benzene rings is 2. The van der Waals surface area contributed by atoms with E-state index in [2.05, 4.69) is 79.5 Å². The molecule has 0 atom stereocenters. The van der Waals surface area contributed by atoms with E-state index in [1.165, 1.54) is 11.1 Å². The third-order valence-corrected chi connectivity index (χ3v) is 4.43. The summed E-state index contributed by atoms with van der Waals surface area (Å²) in [6.07, 6.45) is 1.82. The van der Waals surface area contributed by atoms with Crippen LogP contribution in [0, 0.1) is 13.8 Å². The summed E-state index contributed by atoms with van der Waals surface area (Å²) in [5.74, 6) is 1.67. The van der Waals surface area contributed by atoms with Gasteiger partial charge in [-0.2, -0.15) is 0 Å². The predicted octanol–water partition coefficient (Wildman–Crippen LogP) is 6.57. The molecule has 4 aromatic rings. The Morgan fingerprint density at radius 3 is 1.62 bits per heavy atom. The molecule has 0 unspecified atom stereocenters. The number of aryl methyl sites for hydroxylation is 2. The minimum Gasteiger partial charge on any atom is -0.256 e. The Morgan fingerprint density at radius 1 is 0.615 bits per heavy atom. The molecule has 4 rings (SSSR count). The molecule has 0 aliphatic heterocycles. The zero-order chi connectivity index (χ0) is 17.9. The molecule has 0 saturated carbocycles. The molecule has 0 fully saturated rings. The van der Waals surface area contributed by atoms with Gasteiger partial charge in [0.1, 0.15) is 0 Å². The molecule has 26 heavy (non-hydrogen) atoms. The van der Waals surface area contributed by atoms with Crippen molar-refractivity contribution in [2.75, 3.05) is 0 Å². The summed E-state index contributed by atoms with van der Waals surface area (Å²) in [7, 11) is 0. The van der Waals surface area contributed by atoms with Crippen LogP contribution in [-0.2, 0) is 0 Å². The molecule has 0 amide bonds. The molecular weight excluding hydrogens is 318 g/mol. The second-order valence-corrected chi connectivity index (χ2v) is 6.52. The van der Waals surface area contributed by atoms with Gasteiger partial charge in [0, 0.05) is 11.8 Å². The van der Waals surface area contributed by atoms with E-state index >= 15 is 0 Å². The highest BCUT2D eigenvalue weighted by Crippen LogP contribution is 2.32. The Morgan fingerprint density at radius 2 is 1.15 bits per heavy atom. The Hall–Kier alpha value is -3.26. The van der Waals surface area contributed by atoms with Gasteiger partial charge in [-0.1, -0.05) is 41.5 Å². The lowest BCUT2D eigenvalue weighted by Crippen LogP contribution is -1.88. The van der Waals surface area contributed by atoms with Gasteiger partial charge in [-0.3, -0.25) is 4.98 Å². The van der Waals surface area contributed by atoms with Crippen molar-refractivity contribution >= 4 is 0 Å². The van der Waals surface area contributed by atoms with Crippen LogP contribution in [0.5, 0.6) is 0 Å². The van der Waals surface area contributed by atoms with Gasteiger partial charge in [-0.25, -0.2) is 4.42 Å². The largest absolute Gasteiger partial charge is 0.361 e. The first-order chi connectivity index (χ1) is 12.7. The Labute approximate surface area is 153 Å². The van der Waals surface area contributed by atoms with Crippen molar-refractivity contribution < 1.29 is 4.42 Å². The smallest absolute Gasteiger partial charge is 0.256 e. The number of pyridine rings is 1. The highest BCUT2D eigenvalue weighted by Gasteiger charge is 2.20. The van der Waals surface area contributed by atoms with E-state index in [9.17, 15) is 0 Å². The standard InChI is InChI=1S/C24H20NO/c1-17-6-10-19(11-7-17)23-15-21(22-5-3-4-14-25-22)16-24(26-23)20-12-8-18(2)9-13-20/h3-16H,1-2H3/q+1. The Balaban J connectivity index is 1.89. The second kappa shape index (κ2) is 6.93. The molecule has 126 valence electrons. The van der Waals surface area contributed by atoms with Gasteiger partial charge in [0.25, 0.3) is 0 Å². The molecule has 2 aromatic carbocycles. The van der Waals surface area contributed by atoms with Crippen molar-refractivity contribution in [3.63, 3.8) is 0 Å². The summed E-state index contributed by atoms with van der Waals surface area (Å²) in [5, 5.41) is 0. The second-order valence-electron chi connectivity index (χ2n) is 6.52. The van der Waals surface area contributed by atoms with Gasteiger partial charge in [0.05, 0.1) is 29.0 Å². The molecule has 0 N–H and O–H groups in total. The minimum absolute atomic E-state index is 0.837. The van der Waals surface area contributed by atoms with Gasteiger partial charge in [-0.05, 0) is 50.2 Å². The van der Waals surface area contributed by atoms with Crippen LogP contribution < -0.4 is 0 Å². The van der Waals surface area contributed by atoms with E-state index in [0.717, 1.165) is 33.9 Å². The van der Waals surface area contributed by atoms with Crippen LogP contribution in [0.25, 0.3) is 33.9 Å². The molecular formula is C24H20NO+. The van der Waals surface area contributed by atoms with Crippen molar-refractivity contribution in [2.24, 2.45) is 0 Å². The third kappa shape index (κ3) is 3.40. The average Bonchev–Trinajstić information content (AvgIpc) is 2.69. The fourth-order valence-electron chi connectivity index (χ4n) is 2.90. The van der Waals surface area contributed by atoms with Crippen molar-refractivity contribution in [1.82, 2.24) is 4.98 Å². The lowest BCUT2D eigenvalue weighted by atomic mass is 10.0. The number of aromatic nitrogens is 1. The topological polar surface area (TPSA) is 24.2 Å². The maximum absolute atomic E-state index is 6.26. The minimum atomic E-state index is 0.837. The maximum Gasteiger partial charge on any atom is 0.361 e. The third-order valence-electron chi connectivity index (χ3n) is 4.43. The maximum atomic E-state index is 6.26. The molecule has 0 bridgehead atoms. The number of hydrogen-bond donors (Lipinski definition) is 0. The molecule has 2 heteroatoms. The zero-order valence-corrected chi connectivity index (χ0v) is 14.9. The lowest BCUT2D eigenvalue weighted by Gasteiger charge is -2.02. The summed E-state index contributed by atoms with van der Waals surface area (Å²) in [6, 6.07) is 26.8. The van der Waals surface area contributed by atoms with E-state index in [-0.39, 0.29) is 0 Å². The molecule has 0 aliphatic rings. The van der Waals surface area contributed by atoms with Crippen LogP contribution in [0.1, 0.15) is 11.1 Å². The van der Waals surface area contributed by atoms with Crippen LogP contribution >= 0.6 is 0 Å². The quantitative estimate of drug-likeness (QED) is 0.394. The number of hydrogen-bond acceptors (Lipinski definition) is 1. The Bertz CT molecular complexity index is 956. The molecule has 0 aliphatic carbocycles. The summed E-state index contributed by atoms with van der Waals surface area (Å²) >= 11 is 0. The van der Waals surface area contributed by atoms with Gasteiger partial charge in [0.2, 0.25) is 0 Å². The van der Waals surface area contributed by atoms with Crippen molar-refractivity contribution in [2.45, 2.75) is 13.8 Å². The van der Waals surface area contributed by atoms with E-state index in [4.69, 9.17) is 4.42 Å². The van der Waals surface area contributed by atoms with Gasteiger partial charge < -0.3 is 0 Å². The summed E-state index contributed by atoms with van der Waals surface area (Å²) in [5.41, 5.74) is 6.55. The van der Waals surface area contributed by atoms with Crippen LogP contribution in [-0.4, -0.2) is 4.98 Å². The highest BCUT2D eigenvalue weighted by atomic mass is 16.3. The van der Waals surface area contributed by atoms with Crippen LogP contribution in [0.15, 0.2) is 89.5 Å². The first-order valence-electron chi connectivity index (χ1n) is 8.73. The molecule has 0 saturated heterocycles. The van der Waals surface area contributed by atoms with Gasteiger partial charge >= 0.3 is 11.5 Å².